The SMILES string of the molecule is COC(=O)c1c(-c2ccc(Br)cc2)csc1NC(=O)c1cc2ccccc2oc1=N. The number of fused-ring (bicyclic) bond motifs is 1. The normalized spacial score (nSPS) is 10.7. The number of thiophene rings is 1. The number of halogens is 1. The highest BCUT2D eigenvalue weighted by atomic mass is 79.9. The fraction of sp³-hybridized carbons (Fsp3) is 0.0455. The van der Waals surface area contributed by atoms with E-state index in [0.717, 1.165) is 10.0 Å². The minimum Gasteiger partial charge on any atom is -0.465 e. The van der Waals surface area contributed by atoms with Crippen molar-refractivity contribution in [3.63, 3.8) is 0 Å². The number of anilines is 1. The highest BCUT2D eigenvalue weighted by Crippen LogP contribution is 2.36. The average Bonchev–Trinajstić information content (AvgIpc) is 3.16. The lowest BCUT2D eigenvalue weighted by Crippen LogP contribution is -2.21. The predicted octanol–water partition coefficient (Wildman–Crippen LogP) is 5.44. The summed E-state index contributed by atoms with van der Waals surface area (Å²) in [7, 11) is 1.29. The fourth-order valence-corrected chi connectivity index (χ4v) is 4.23. The first-order chi connectivity index (χ1) is 14.5. The minimum atomic E-state index is -0.557. The zero-order chi connectivity index (χ0) is 21.3. The zero-order valence-corrected chi connectivity index (χ0v) is 18.1. The highest BCUT2D eigenvalue weighted by Gasteiger charge is 2.23. The van der Waals surface area contributed by atoms with Crippen molar-refractivity contribution in [3.8, 4) is 11.1 Å². The molecule has 150 valence electrons. The van der Waals surface area contributed by atoms with Crippen LogP contribution in [0.4, 0.5) is 5.00 Å². The lowest BCUT2D eigenvalue weighted by atomic mass is 10.0. The van der Waals surface area contributed by atoms with Gasteiger partial charge < -0.3 is 14.5 Å². The third-order valence-corrected chi connectivity index (χ3v) is 5.91. The van der Waals surface area contributed by atoms with E-state index in [2.05, 4.69) is 21.2 Å². The molecule has 0 bridgehead atoms. The molecule has 2 aromatic heterocycles. The first-order valence-electron chi connectivity index (χ1n) is 8.82. The van der Waals surface area contributed by atoms with Crippen LogP contribution in [-0.4, -0.2) is 19.0 Å². The van der Waals surface area contributed by atoms with Crippen molar-refractivity contribution in [2.75, 3.05) is 12.4 Å². The van der Waals surface area contributed by atoms with Crippen LogP contribution in [0.1, 0.15) is 20.7 Å². The number of para-hydroxylation sites is 1. The van der Waals surface area contributed by atoms with E-state index in [-0.39, 0.29) is 16.7 Å². The minimum absolute atomic E-state index is 0.0723. The van der Waals surface area contributed by atoms with Crippen LogP contribution in [0.15, 0.2) is 68.9 Å². The van der Waals surface area contributed by atoms with E-state index in [1.807, 2.05) is 30.3 Å². The highest BCUT2D eigenvalue weighted by molar-refractivity contribution is 9.10. The average molecular weight is 483 g/mol. The maximum Gasteiger partial charge on any atom is 0.341 e. The summed E-state index contributed by atoms with van der Waals surface area (Å²) in [6.45, 7) is 0. The molecular weight excluding hydrogens is 468 g/mol. The topological polar surface area (TPSA) is 92.4 Å². The van der Waals surface area contributed by atoms with Crippen molar-refractivity contribution in [3.05, 3.63) is 81.1 Å². The largest absolute Gasteiger partial charge is 0.465 e. The molecule has 2 N–H and O–H groups in total. The number of amides is 1. The summed E-state index contributed by atoms with van der Waals surface area (Å²) in [5.41, 5.74) is 2.07. The van der Waals surface area contributed by atoms with Crippen LogP contribution in [0.5, 0.6) is 0 Å². The van der Waals surface area contributed by atoms with E-state index in [4.69, 9.17) is 14.6 Å². The number of hydrogen-bond acceptors (Lipinski definition) is 6. The molecule has 0 atom stereocenters. The van der Waals surface area contributed by atoms with Crippen LogP contribution in [0.2, 0.25) is 0 Å². The molecule has 8 heteroatoms. The van der Waals surface area contributed by atoms with Gasteiger partial charge >= 0.3 is 5.97 Å². The van der Waals surface area contributed by atoms with Crippen LogP contribution < -0.4 is 10.9 Å². The van der Waals surface area contributed by atoms with Crippen molar-refractivity contribution in [2.24, 2.45) is 0 Å². The maximum atomic E-state index is 12.9. The summed E-state index contributed by atoms with van der Waals surface area (Å²) < 4.78 is 11.3. The summed E-state index contributed by atoms with van der Waals surface area (Å²) in [6.07, 6.45) is 0. The molecular formula is C22H15BrN2O4S. The van der Waals surface area contributed by atoms with E-state index in [1.165, 1.54) is 18.4 Å². The second kappa shape index (κ2) is 8.25. The first-order valence-corrected chi connectivity index (χ1v) is 10.5. The Morgan fingerprint density at radius 1 is 1.13 bits per heavy atom. The van der Waals surface area contributed by atoms with Crippen molar-refractivity contribution in [2.45, 2.75) is 0 Å². The van der Waals surface area contributed by atoms with E-state index in [9.17, 15) is 9.59 Å². The Kier molecular flexibility index (Phi) is 5.52. The summed E-state index contributed by atoms with van der Waals surface area (Å²) in [5.74, 6) is -1.09. The molecule has 0 saturated carbocycles. The van der Waals surface area contributed by atoms with Gasteiger partial charge in [0.15, 0.2) is 0 Å². The zero-order valence-electron chi connectivity index (χ0n) is 15.7. The van der Waals surface area contributed by atoms with E-state index < -0.39 is 11.9 Å². The summed E-state index contributed by atoms with van der Waals surface area (Å²) in [5, 5.41) is 13.6. The lowest BCUT2D eigenvalue weighted by molar-refractivity contribution is 0.0603. The molecule has 0 radical (unpaired) electrons. The second-order valence-electron chi connectivity index (χ2n) is 6.33. The quantitative estimate of drug-likeness (QED) is 0.378. The molecule has 6 nitrogen and oxygen atoms in total. The smallest absolute Gasteiger partial charge is 0.341 e. The van der Waals surface area contributed by atoms with E-state index in [0.29, 0.717) is 21.5 Å². The number of ether oxygens (including phenoxy) is 1. The standard InChI is InChI=1S/C22H15BrN2O4S/c1-28-22(27)18-16(12-6-8-14(23)9-7-12)11-30-21(18)25-20(26)15-10-13-4-2-3-5-17(13)29-19(15)24/h2-11,24H,1H3,(H,25,26). The number of benzene rings is 2. The van der Waals surface area contributed by atoms with E-state index >= 15 is 0 Å². The number of esters is 1. The van der Waals surface area contributed by atoms with Gasteiger partial charge in [-0.2, -0.15) is 0 Å². The van der Waals surface area contributed by atoms with Gasteiger partial charge in [0.05, 0.1) is 7.11 Å². The molecule has 0 spiro atoms. The van der Waals surface area contributed by atoms with Crippen LogP contribution in [0.3, 0.4) is 0 Å². The van der Waals surface area contributed by atoms with Gasteiger partial charge in [0.1, 0.15) is 21.7 Å². The third kappa shape index (κ3) is 3.79. The number of hydrogen-bond donors (Lipinski definition) is 2. The van der Waals surface area contributed by atoms with Crippen LogP contribution in [0, 0.1) is 5.41 Å². The Morgan fingerprint density at radius 3 is 2.60 bits per heavy atom. The van der Waals surface area contributed by atoms with Gasteiger partial charge in [-0.15, -0.1) is 11.3 Å². The van der Waals surface area contributed by atoms with Gasteiger partial charge in [-0.25, -0.2) is 4.79 Å². The molecule has 2 heterocycles. The van der Waals surface area contributed by atoms with Gasteiger partial charge in [0.25, 0.3) is 5.91 Å². The maximum absolute atomic E-state index is 12.9. The van der Waals surface area contributed by atoms with Crippen LogP contribution in [-0.2, 0) is 4.74 Å². The molecule has 2 aromatic carbocycles. The summed E-state index contributed by atoms with van der Waals surface area (Å²) >= 11 is 4.61. The van der Waals surface area contributed by atoms with E-state index in [1.54, 1.807) is 29.6 Å². The van der Waals surface area contributed by atoms with Crippen molar-refractivity contribution < 1.29 is 18.7 Å². The number of methoxy groups -OCH3 is 1. The predicted molar refractivity (Wildman–Crippen MR) is 119 cm³/mol. The Balaban J connectivity index is 1.73. The number of rotatable bonds is 4. The molecule has 0 aliphatic rings. The van der Waals surface area contributed by atoms with Crippen LogP contribution >= 0.6 is 27.3 Å². The third-order valence-electron chi connectivity index (χ3n) is 4.48. The Labute approximate surface area is 183 Å². The summed E-state index contributed by atoms with van der Waals surface area (Å²) in [4.78, 5) is 25.4. The first kappa shape index (κ1) is 20.1. The Hall–Kier alpha value is -3.23. The van der Waals surface area contributed by atoms with Crippen molar-refractivity contribution in [1.29, 1.82) is 5.41 Å². The van der Waals surface area contributed by atoms with Crippen molar-refractivity contribution in [1.82, 2.24) is 0 Å². The lowest BCUT2D eigenvalue weighted by Gasteiger charge is -2.08. The number of carbonyl (C=O) groups excluding carboxylic acids is 2. The Bertz CT molecular complexity index is 1330. The molecule has 0 saturated heterocycles. The second-order valence-corrected chi connectivity index (χ2v) is 8.13. The van der Waals surface area contributed by atoms with Gasteiger partial charge in [-0.3, -0.25) is 10.2 Å². The number of nitrogens with one attached hydrogen (secondary N) is 2. The molecule has 0 aliphatic heterocycles. The summed E-state index contributed by atoms with van der Waals surface area (Å²) in [6, 6.07) is 16.2. The molecule has 0 aliphatic carbocycles. The molecule has 0 fully saturated rings. The Morgan fingerprint density at radius 2 is 1.87 bits per heavy atom. The number of carbonyl (C=O) groups is 2. The van der Waals surface area contributed by atoms with Gasteiger partial charge in [-0.05, 0) is 29.8 Å². The molecule has 1 amide bonds. The fourth-order valence-electron chi connectivity index (χ4n) is 3.01. The molecule has 4 aromatic rings. The van der Waals surface area contributed by atoms with Gasteiger partial charge in [0.2, 0.25) is 5.55 Å². The monoisotopic (exact) mass is 482 g/mol. The molecule has 0 unspecified atom stereocenters. The molecule has 4 rings (SSSR count). The van der Waals surface area contributed by atoms with Crippen LogP contribution in [0.25, 0.3) is 22.1 Å². The van der Waals surface area contributed by atoms with Gasteiger partial charge in [-0.1, -0.05) is 46.3 Å². The van der Waals surface area contributed by atoms with Gasteiger partial charge in [0, 0.05) is 20.8 Å². The van der Waals surface area contributed by atoms with Crippen molar-refractivity contribution >= 4 is 55.1 Å². The molecule has 30 heavy (non-hydrogen) atoms.